The van der Waals surface area contributed by atoms with Gasteiger partial charge in [0.25, 0.3) is 5.91 Å². The van der Waals surface area contributed by atoms with E-state index in [1.807, 2.05) is 0 Å². The fourth-order valence-corrected chi connectivity index (χ4v) is 2.10. The Morgan fingerprint density at radius 2 is 2.44 bits per heavy atom. The van der Waals surface area contributed by atoms with Gasteiger partial charge in [-0.15, -0.1) is 0 Å². The van der Waals surface area contributed by atoms with E-state index in [1.54, 1.807) is 0 Å². The molecule has 6 heteroatoms. The molecule has 0 spiro atoms. The molecule has 1 aromatic heterocycles. The standard InChI is InChI=1S/C12H18N4O2/c1-7-8(2-3-18-7)5-15-10-6-16-11(13)4-9(10)12(14)17/h4,6-8,15H,2-3,5H2,1H3,(H2,13,16)(H2,14,17). The molecule has 0 saturated carbocycles. The molecule has 5 N–H and O–H groups in total. The smallest absolute Gasteiger partial charge is 0.250 e. The number of aromatic nitrogens is 1. The van der Waals surface area contributed by atoms with Gasteiger partial charge in [-0.05, 0) is 19.4 Å². The highest BCUT2D eigenvalue weighted by atomic mass is 16.5. The van der Waals surface area contributed by atoms with Gasteiger partial charge in [0, 0.05) is 19.1 Å². The van der Waals surface area contributed by atoms with Crippen LogP contribution in [0.2, 0.25) is 0 Å². The minimum Gasteiger partial charge on any atom is -0.384 e. The van der Waals surface area contributed by atoms with E-state index in [0.29, 0.717) is 17.2 Å². The van der Waals surface area contributed by atoms with Gasteiger partial charge in [0.05, 0.1) is 23.6 Å². The number of primary amides is 1. The number of nitrogens with zero attached hydrogens (tertiary/aromatic N) is 1. The molecule has 2 unspecified atom stereocenters. The number of ether oxygens (including phenoxy) is 1. The molecule has 1 amide bonds. The van der Waals surface area contributed by atoms with E-state index in [4.69, 9.17) is 16.2 Å². The summed E-state index contributed by atoms with van der Waals surface area (Å²) in [5.41, 5.74) is 11.8. The van der Waals surface area contributed by atoms with E-state index in [9.17, 15) is 4.79 Å². The van der Waals surface area contributed by atoms with Crippen molar-refractivity contribution in [2.24, 2.45) is 11.7 Å². The Morgan fingerprint density at radius 1 is 1.67 bits per heavy atom. The van der Waals surface area contributed by atoms with Gasteiger partial charge < -0.3 is 21.5 Å². The maximum atomic E-state index is 11.3. The summed E-state index contributed by atoms with van der Waals surface area (Å²) < 4.78 is 5.48. The number of hydrogen-bond donors (Lipinski definition) is 3. The number of nitrogens with one attached hydrogen (secondary N) is 1. The van der Waals surface area contributed by atoms with Crippen LogP contribution in [-0.4, -0.2) is 30.1 Å². The summed E-state index contributed by atoms with van der Waals surface area (Å²) in [5.74, 6) is 0.206. The second-order valence-electron chi connectivity index (χ2n) is 4.52. The quantitative estimate of drug-likeness (QED) is 0.726. The predicted octanol–water partition coefficient (Wildman–Crippen LogP) is 0.600. The Bertz CT molecular complexity index is 450. The maximum absolute atomic E-state index is 11.3. The molecule has 1 saturated heterocycles. The number of amides is 1. The topological polar surface area (TPSA) is 103 Å². The molecule has 1 aliphatic rings. The van der Waals surface area contributed by atoms with Crippen LogP contribution in [0.5, 0.6) is 0 Å². The third kappa shape index (κ3) is 2.70. The molecule has 1 aliphatic heterocycles. The summed E-state index contributed by atoms with van der Waals surface area (Å²) in [4.78, 5) is 15.3. The van der Waals surface area contributed by atoms with Gasteiger partial charge in [0.1, 0.15) is 5.82 Å². The molecular formula is C12H18N4O2. The van der Waals surface area contributed by atoms with Gasteiger partial charge >= 0.3 is 0 Å². The number of pyridine rings is 1. The summed E-state index contributed by atoms with van der Waals surface area (Å²) >= 11 is 0. The molecule has 18 heavy (non-hydrogen) atoms. The highest BCUT2D eigenvalue weighted by Crippen LogP contribution is 2.22. The molecule has 1 aromatic rings. The molecule has 2 heterocycles. The summed E-state index contributed by atoms with van der Waals surface area (Å²) in [6.07, 6.45) is 2.79. The zero-order valence-electron chi connectivity index (χ0n) is 10.3. The number of anilines is 2. The highest BCUT2D eigenvalue weighted by molar-refractivity contribution is 5.98. The lowest BCUT2D eigenvalue weighted by Crippen LogP contribution is -2.23. The van der Waals surface area contributed by atoms with Gasteiger partial charge in [-0.3, -0.25) is 4.79 Å². The van der Waals surface area contributed by atoms with E-state index in [-0.39, 0.29) is 11.9 Å². The van der Waals surface area contributed by atoms with Gasteiger partial charge in [-0.2, -0.15) is 0 Å². The first-order chi connectivity index (χ1) is 8.58. The molecule has 2 rings (SSSR count). The minimum atomic E-state index is -0.512. The van der Waals surface area contributed by atoms with E-state index < -0.39 is 5.91 Å². The molecule has 6 nitrogen and oxygen atoms in total. The zero-order chi connectivity index (χ0) is 13.1. The number of nitrogens with two attached hydrogens (primary N) is 2. The second-order valence-corrected chi connectivity index (χ2v) is 4.52. The van der Waals surface area contributed by atoms with Gasteiger partial charge in [0.2, 0.25) is 0 Å². The Kier molecular flexibility index (Phi) is 3.66. The van der Waals surface area contributed by atoms with Crippen molar-refractivity contribution in [3.05, 3.63) is 17.8 Å². The molecule has 2 atom stereocenters. The average molecular weight is 250 g/mol. The number of rotatable bonds is 4. The minimum absolute atomic E-state index is 0.233. The van der Waals surface area contributed by atoms with Crippen molar-refractivity contribution in [2.45, 2.75) is 19.4 Å². The van der Waals surface area contributed by atoms with Crippen LogP contribution in [0.15, 0.2) is 12.3 Å². The normalized spacial score (nSPS) is 22.9. The van der Waals surface area contributed by atoms with E-state index in [1.165, 1.54) is 12.3 Å². The first kappa shape index (κ1) is 12.6. The molecule has 0 aromatic carbocycles. The van der Waals surface area contributed by atoms with E-state index in [2.05, 4.69) is 17.2 Å². The van der Waals surface area contributed by atoms with Crippen LogP contribution in [-0.2, 0) is 4.74 Å². The zero-order valence-corrected chi connectivity index (χ0v) is 10.3. The maximum Gasteiger partial charge on any atom is 0.250 e. The van der Waals surface area contributed by atoms with Crippen molar-refractivity contribution >= 4 is 17.4 Å². The lowest BCUT2D eigenvalue weighted by Gasteiger charge is -2.16. The summed E-state index contributed by atoms with van der Waals surface area (Å²) in [7, 11) is 0. The Morgan fingerprint density at radius 3 is 3.06 bits per heavy atom. The predicted molar refractivity (Wildman–Crippen MR) is 69.2 cm³/mol. The number of hydrogen-bond acceptors (Lipinski definition) is 5. The lowest BCUT2D eigenvalue weighted by atomic mass is 10.0. The van der Waals surface area contributed by atoms with E-state index in [0.717, 1.165) is 19.6 Å². The first-order valence-corrected chi connectivity index (χ1v) is 5.98. The number of nitrogen functional groups attached to an aromatic ring is 1. The average Bonchev–Trinajstić information content (AvgIpc) is 2.73. The van der Waals surface area contributed by atoms with Crippen molar-refractivity contribution in [3.8, 4) is 0 Å². The molecule has 1 fully saturated rings. The van der Waals surface area contributed by atoms with E-state index >= 15 is 0 Å². The Balaban J connectivity index is 2.06. The van der Waals surface area contributed by atoms with Crippen LogP contribution in [0.25, 0.3) is 0 Å². The monoisotopic (exact) mass is 250 g/mol. The fourth-order valence-electron chi connectivity index (χ4n) is 2.10. The van der Waals surface area contributed by atoms with Gasteiger partial charge in [0.15, 0.2) is 0 Å². The van der Waals surface area contributed by atoms with Crippen LogP contribution in [0, 0.1) is 5.92 Å². The fraction of sp³-hybridized carbons (Fsp3) is 0.500. The second kappa shape index (κ2) is 5.22. The molecule has 98 valence electrons. The van der Waals surface area contributed by atoms with Crippen LogP contribution in [0.1, 0.15) is 23.7 Å². The third-order valence-corrected chi connectivity index (χ3v) is 3.28. The molecule has 0 aliphatic carbocycles. The molecular weight excluding hydrogens is 232 g/mol. The Labute approximate surface area is 106 Å². The van der Waals surface area contributed by atoms with Crippen molar-refractivity contribution in [3.63, 3.8) is 0 Å². The summed E-state index contributed by atoms with van der Waals surface area (Å²) in [5, 5.41) is 3.20. The lowest BCUT2D eigenvalue weighted by molar-refractivity contribution is 0.100. The first-order valence-electron chi connectivity index (χ1n) is 5.98. The SMILES string of the molecule is CC1OCCC1CNc1cnc(N)cc1C(N)=O. The highest BCUT2D eigenvalue weighted by Gasteiger charge is 2.24. The van der Waals surface area contributed by atoms with Crippen LogP contribution in [0.3, 0.4) is 0 Å². The summed E-state index contributed by atoms with van der Waals surface area (Å²) in [6, 6.07) is 1.49. The third-order valence-electron chi connectivity index (χ3n) is 3.28. The molecule has 0 radical (unpaired) electrons. The van der Waals surface area contributed by atoms with Crippen LogP contribution in [0.4, 0.5) is 11.5 Å². The van der Waals surface area contributed by atoms with Crippen molar-refractivity contribution < 1.29 is 9.53 Å². The molecule has 0 bridgehead atoms. The number of carbonyl (C=O) groups is 1. The Hall–Kier alpha value is -1.82. The largest absolute Gasteiger partial charge is 0.384 e. The van der Waals surface area contributed by atoms with Crippen molar-refractivity contribution in [2.75, 3.05) is 24.2 Å². The van der Waals surface area contributed by atoms with Crippen LogP contribution < -0.4 is 16.8 Å². The summed E-state index contributed by atoms with van der Waals surface area (Å²) in [6.45, 7) is 3.57. The van der Waals surface area contributed by atoms with Gasteiger partial charge in [-0.25, -0.2) is 4.98 Å². The van der Waals surface area contributed by atoms with Gasteiger partial charge in [-0.1, -0.05) is 0 Å². The number of carbonyl (C=O) groups excluding carboxylic acids is 1. The van der Waals surface area contributed by atoms with Crippen LogP contribution >= 0.6 is 0 Å². The van der Waals surface area contributed by atoms with Crippen molar-refractivity contribution in [1.82, 2.24) is 4.98 Å². The van der Waals surface area contributed by atoms with Crippen molar-refractivity contribution in [1.29, 1.82) is 0 Å².